The molecular weight excluding hydrogens is 455 g/mol. The average molecular weight is 485 g/mol. The van der Waals surface area contributed by atoms with Crippen molar-refractivity contribution in [2.45, 2.75) is 44.3 Å². The second kappa shape index (κ2) is 11.4. The lowest BCUT2D eigenvalue weighted by Gasteiger charge is -2.12. The zero-order valence-corrected chi connectivity index (χ0v) is 20.2. The zero-order chi connectivity index (χ0) is 23.9. The highest BCUT2D eigenvalue weighted by atomic mass is 32.2. The number of aromatic nitrogens is 3. The third-order valence-electron chi connectivity index (χ3n) is 5.37. The monoisotopic (exact) mass is 484 g/mol. The molecule has 4 rings (SSSR count). The highest BCUT2D eigenvalue weighted by Crippen LogP contribution is 2.41. The quantitative estimate of drug-likeness (QED) is 0.377. The standard InChI is InChI=1S/C25H29FN4O3S/c1-3-32-21-12-9-17(15-22(21)33-4-2)13-14-27-23(31)16-34-25-29-28-24(30(25)18-10-11-18)19-7-5-6-8-20(19)26/h5-9,12,15,18H,3-4,10-11,13-14,16H2,1-2H3,(H,27,31). The van der Waals surface area contributed by atoms with Crippen molar-refractivity contribution in [1.82, 2.24) is 20.1 Å². The summed E-state index contributed by atoms with van der Waals surface area (Å²) in [6.45, 7) is 5.51. The van der Waals surface area contributed by atoms with Crippen LogP contribution < -0.4 is 14.8 Å². The molecule has 34 heavy (non-hydrogen) atoms. The van der Waals surface area contributed by atoms with Crippen LogP contribution in [0.1, 0.15) is 38.3 Å². The molecule has 1 amide bonds. The smallest absolute Gasteiger partial charge is 0.230 e. The minimum atomic E-state index is -0.326. The Balaban J connectivity index is 1.32. The minimum absolute atomic E-state index is 0.0845. The van der Waals surface area contributed by atoms with Gasteiger partial charge in [0.1, 0.15) is 5.82 Å². The van der Waals surface area contributed by atoms with E-state index in [-0.39, 0.29) is 23.5 Å². The lowest BCUT2D eigenvalue weighted by Crippen LogP contribution is -2.27. The van der Waals surface area contributed by atoms with Crippen LogP contribution in [-0.2, 0) is 11.2 Å². The Kier molecular flexibility index (Phi) is 8.05. The number of nitrogens with one attached hydrogen (secondary N) is 1. The number of hydrogen-bond acceptors (Lipinski definition) is 6. The van der Waals surface area contributed by atoms with Gasteiger partial charge in [0.25, 0.3) is 0 Å². The predicted octanol–water partition coefficient (Wildman–Crippen LogP) is 4.67. The number of benzene rings is 2. The fourth-order valence-corrected chi connectivity index (χ4v) is 4.48. The highest BCUT2D eigenvalue weighted by Gasteiger charge is 2.31. The molecule has 180 valence electrons. The number of nitrogens with zero attached hydrogens (tertiary/aromatic N) is 3. The third kappa shape index (κ3) is 5.88. The van der Waals surface area contributed by atoms with Crippen LogP contribution in [0.3, 0.4) is 0 Å². The summed E-state index contributed by atoms with van der Waals surface area (Å²) in [6.07, 6.45) is 2.69. The second-order valence-electron chi connectivity index (χ2n) is 7.92. The molecular formula is C25H29FN4O3S. The van der Waals surface area contributed by atoms with E-state index in [9.17, 15) is 9.18 Å². The van der Waals surface area contributed by atoms with Crippen LogP contribution in [0.4, 0.5) is 4.39 Å². The van der Waals surface area contributed by atoms with E-state index >= 15 is 0 Å². The van der Waals surface area contributed by atoms with Gasteiger partial charge < -0.3 is 14.8 Å². The van der Waals surface area contributed by atoms with E-state index in [0.29, 0.717) is 48.5 Å². The van der Waals surface area contributed by atoms with E-state index in [0.717, 1.165) is 24.2 Å². The van der Waals surface area contributed by atoms with Gasteiger partial charge in [0.15, 0.2) is 22.5 Å². The molecule has 1 N–H and O–H groups in total. The molecule has 1 aliphatic rings. The number of carbonyl (C=O) groups excluding carboxylic acids is 1. The van der Waals surface area contributed by atoms with Gasteiger partial charge in [-0.15, -0.1) is 10.2 Å². The molecule has 2 aromatic carbocycles. The maximum absolute atomic E-state index is 14.3. The summed E-state index contributed by atoms with van der Waals surface area (Å²) in [5.41, 5.74) is 1.49. The summed E-state index contributed by atoms with van der Waals surface area (Å²) >= 11 is 1.33. The summed E-state index contributed by atoms with van der Waals surface area (Å²) < 4.78 is 27.5. The van der Waals surface area contributed by atoms with Gasteiger partial charge in [0, 0.05) is 12.6 Å². The predicted molar refractivity (Wildman–Crippen MR) is 130 cm³/mol. The molecule has 7 nitrogen and oxygen atoms in total. The molecule has 1 heterocycles. The van der Waals surface area contributed by atoms with E-state index in [1.54, 1.807) is 18.2 Å². The summed E-state index contributed by atoms with van der Waals surface area (Å²) in [4.78, 5) is 12.4. The summed E-state index contributed by atoms with van der Waals surface area (Å²) in [6, 6.07) is 12.7. The number of hydrogen-bond donors (Lipinski definition) is 1. The van der Waals surface area contributed by atoms with Crippen LogP contribution in [0.25, 0.3) is 11.4 Å². The SMILES string of the molecule is CCOc1ccc(CCNC(=O)CSc2nnc(-c3ccccc3F)n2C2CC2)cc1OCC. The van der Waals surface area contributed by atoms with Gasteiger partial charge in [-0.2, -0.15) is 0 Å². The average Bonchev–Trinajstić information content (AvgIpc) is 3.59. The maximum Gasteiger partial charge on any atom is 0.230 e. The van der Waals surface area contributed by atoms with Gasteiger partial charge in [0.2, 0.25) is 5.91 Å². The third-order valence-corrected chi connectivity index (χ3v) is 6.31. The minimum Gasteiger partial charge on any atom is -0.490 e. The lowest BCUT2D eigenvalue weighted by atomic mass is 10.1. The van der Waals surface area contributed by atoms with Gasteiger partial charge in [0.05, 0.1) is 24.5 Å². The van der Waals surface area contributed by atoms with E-state index in [2.05, 4.69) is 15.5 Å². The van der Waals surface area contributed by atoms with E-state index in [4.69, 9.17) is 9.47 Å². The molecule has 1 saturated carbocycles. The fourth-order valence-electron chi connectivity index (χ4n) is 3.64. The van der Waals surface area contributed by atoms with Crippen molar-refractivity contribution in [3.8, 4) is 22.9 Å². The molecule has 1 aromatic heterocycles. The normalized spacial score (nSPS) is 13.0. The molecule has 9 heteroatoms. The summed E-state index contributed by atoms with van der Waals surface area (Å²) in [5, 5.41) is 12.1. The van der Waals surface area contributed by atoms with Crippen LogP contribution in [0.5, 0.6) is 11.5 Å². The number of amides is 1. The van der Waals surface area contributed by atoms with Gasteiger partial charge in [-0.05, 0) is 62.9 Å². The first-order valence-electron chi connectivity index (χ1n) is 11.6. The molecule has 1 aliphatic carbocycles. The highest BCUT2D eigenvalue weighted by molar-refractivity contribution is 7.99. The Morgan fingerprint density at radius 1 is 1.12 bits per heavy atom. The van der Waals surface area contributed by atoms with Crippen molar-refractivity contribution >= 4 is 17.7 Å². The number of carbonyl (C=O) groups is 1. The Hall–Kier alpha value is -3.07. The molecule has 0 saturated heterocycles. The molecule has 0 spiro atoms. The van der Waals surface area contributed by atoms with Crippen LogP contribution in [0.2, 0.25) is 0 Å². The largest absolute Gasteiger partial charge is 0.490 e. The molecule has 0 radical (unpaired) electrons. The second-order valence-corrected chi connectivity index (χ2v) is 8.87. The van der Waals surface area contributed by atoms with Gasteiger partial charge in [-0.3, -0.25) is 9.36 Å². The van der Waals surface area contributed by atoms with Crippen molar-refractivity contribution in [2.24, 2.45) is 0 Å². The van der Waals surface area contributed by atoms with E-state index < -0.39 is 0 Å². The van der Waals surface area contributed by atoms with Crippen molar-refractivity contribution in [1.29, 1.82) is 0 Å². The first kappa shape index (κ1) is 24.1. The van der Waals surface area contributed by atoms with Gasteiger partial charge in [-0.25, -0.2) is 4.39 Å². The molecule has 1 fully saturated rings. The summed E-state index contributed by atoms with van der Waals surface area (Å²) in [5.74, 6) is 1.77. The van der Waals surface area contributed by atoms with E-state index in [1.807, 2.05) is 36.6 Å². The lowest BCUT2D eigenvalue weighted by molar-refractivity contribution is -0.118. The van der Waals surface area contributed by atoms with Crippen LogP contribution in [-0.4, -0.2) is 46.2 Å². The Morgan fingerprint density at radius 3 is 2.62 bits per heavy atom. The molecule has 0 bridgehead atoms. The van der Waals surface area contributed by atoms with Crippen molar-refractivity contribution in [3.05, 3.63) is 53.8 Å². The number of ether oxygens (including phenoxy) is 2. The van der Waals surface area contributed by atoms with Crippen LogP contribution in [0.15, 0.2) is 47.6 Å². The zero-order valence-electron chi connectivity index (χ0n) is 19.4. The number of rotatable bonds is 12. The molecule has 0 aliphatic heterocycles. The van der Waals surface area contributed by atoms with E-state index in [1.165, 1.54) is 17.8 Å². The Bertz CT molecular complexity index is 1130. The maximum atomic E-state index is 14.3. The van der Waals surface area contributed by atoms with Gasteiger partial charge >= 0.3 is 0 Å². The first-order chi connectivity index (χ1) is 16.6. The van der Waals surface area contributed by atoms with Gasteiger partial charge in [-0.1, -0.05) is 30.0 Å². The fraction of sp³-hybridized carbons (Fsp3) is 0.400. The van der Waals surface area contributed by atoms with Crippen LogP contribution >= 0.6 is 11.8 Å². The number of halogens is 1. The Morgan fingerprint density at radius 2 is 1.88 bits per heavy atom. The molecule has 3 aromatic rings. The number of thioether (sulfide) groups is 1. The van der Waals surface area contributed by atoms with Crippen molar-refractivity contribution in [2.75, 3.05) is 25.5 Å². The molecule has 0 atom stereocenters. The molecule has 0 unspecified atom stereocenters. The first-order valence-corrected chi connectivity index (χ1v) is 12.6. The van der Waals surface area contributed by atoms with Crippen molar-refractivity contribution < 1.29 is 18.7 Å². The van der Waals surface area contributed by atoms with Crippen LogP contribution in [0, 0.1) is 5.82 Å². The topological polar surface area (TPSA) is 78.3 Å². The Labute approximate surface area is 203 Å². The summed E-state index contributed by atoms with van der Waals surface area (Å²) in [7, 11) is 0. The van der Waals surface area contributed by atoms with Crippen molar-refractivity contribution in [3.63, 3.8) is 0 Å².